The van der Waals surface area contributed by atoms with Crippen molar-refractivity contribution in [2.24, 2.45) is 5.73 Å². The average Bonchev–Trinajstić information content (AvgIpc) is 2.38. The Kier molecular flexibility index (Phi) is 4.55. The third-order valence-electron chi connectivity index (χ3n) is 3.10. The van der Waals surface area contributed by atoms with Gasteiger partial charge in [-0.2, -0.15) is 0 Å². The highest BCUT2D eigenvalue weighted by atomic mass is 19.4. The number of nitrogens with two attached hydrogens (primary N) is 1. The predicted molar refractivity (Wildman–Crippen MR) is 69.6 cm³/mol. The molecule has 1 aliphatic heterocycles. The van der Waals surface area contributed by atoms with Crippen LogP contribution in [0.25, 0.3) is 0 Å². The van der Waals surface area contributed by atoms with E-state index in [-0.39, 0.29) is 18.2 Å². The number of rotatable bonds is 4. The largest absolute Gasteiger partial charge is 0.573 e. The van der Waals surface area contributed by atoms with Gasteiger partial charge in [0.05, 0.1) is 6.54 Å². The summed E-state index contributed by atoms with van der Waals surface area (Å²) in [6.45, 7) is 0.678. The minimum Gasteiger partial charge on any atom is -0.406 e. The highest BCUT2D eigenvalue weighted by Crippen LogP contribution is 2.27. The molecule has 0 radical (unpaired) electrons. The average molecular weight is 317 g/mol. The summed E-state index contributed by atoms with van der Waals surface area (Å²) in [6.07, 6.45) is -4.78. The predicted octanol–water partition coefficient (Wildman–Crippen LogP) is 0.543. The second kappa shape index (κ2) is 6.22. The van der Waals surface area contributed by atoms with E-state index in [0.29, 0.717) is 18.7 Å². The molecule has 1 atom stereocenters. The van der Waals surface area contributed by atoms with E-state index in [1.54, 1.807) is 4.90 Å². The van der Waals surface area contributed by atoms with Gasteiger partial charge in [0, 0.05) is 13.1 Å². The maximum atomic E-state index is 12.1. The molecule has 9 heteroatoms. The van der Waals surface area contributed by atoms with E-state index in [0.717, 1.165) is 12.1 Å². The van der Waals surface area contributed by atoms with Crippen LogP contribution in [0.4, 0.5) is 13.2 Å². The van der Waals surface area contributed by atoms with Gasteiger partial charge in [0.2, 0.25) is 11.8 Å². The maximum Gasteiger partial charge on any atom is 0.573 e. The van der Waals surface area contributed by atoms with Gasteiger partial charge in [0.25, 0.3) is 0 Å². The molecule has 22 heavy (non-hydrogen) atoms. The lowest BCUT2D eigenvalue weighted by atomic mass is 10.0. The molecule has 0 aliphatic carbocycles. The molecule has 1 aliphatic rings. The molecule has 0 spiro atoms. The van der Waals surface area contributed by atoms with Gasteiger partial charge in [-0.25, -0.2) is 0 Å². The number of halogens is 3. The Hall–Kier alpha value is -2.29. The Morgan fingerprint density at radius 1 is 1.36 bits per heavy atom. The quantitative estimate of drug-likeness (QED) is 0.849. The number of nitrogens with one attached hydrogen (secondary N) is 1. The second-order valence-corrected chi connectivity index (χ2v) is 4.75. The molecule has 1 fully saturated rings. The molecule has 6 nitrogen and oxygen atoms in total. The van der Waals surface area contributed by atoms with Gasteiger partial charge >= 0.3 is 6.36 Å². The van der Waals surface area contributed by atoms with Gasteiger partial charge in [-0.3, -0.25) is 14.5 Å². The van der Waals surface area contributed by atoms with Crippen molar-refractivity contribution in [1.29, 1.82) is 0 Å². The second-order valence-electron chi connectivity index (χ2n) is 4.75. The van der Waals surface area contributed by atoms with Crippen LogP contribution in [0.1, 0.15) is 11.6 Å². The van der Waals surface area contributed by atoms with Crippen LogP contribution < -0.4 is 15.8 Å². The van der Waals surface area contributed by atoms with Crippen LogP contribution in [-0.2, 0) is 9.59 Å². The van der Waals surface area contributed by atoms with Crippen molar-refractivity contribution in [3.05, 3.63) is 29.8 Å². The van der Waals surface area contributed by atoms with E-state index >= 15 is 0 Å². The molecular weight excluding hydrogens is 303 g/mol. The summed E-state index contributed by atoms with van der Waals surface area (Å²) in [5, 5.41) is 2.64. The third kappa shape index (κ3) is 4.10. The number of benzene rings is 1. The van der Waals surface area contributed by atoms with Crippen molar-refractivity contribution in [1.82, 2.24) is 10.2 Å². The van der Waals surface area contributed by atoms with E-state index in [4.69, 9.17) is 5.73 Å². The fourth-order valence-electron chi connectivity index (χ4n) is 2.30. The topological polar surface area (TPSA) is 84.7 Å². The zero-order valence-corrected chi connectivity index (χ0v) is 11.4. The minimum atomic E-state index is -4.78. The fourth-order valence-corrected chi connectivity index (χ4v) is 2.30. The summed E-state index contributed by atoms with van der Waals surface area (Å²) >= 11 is 0. The molecule has 1 heterocycles. The van der Waals surface area contributed by atoms with E-state index < -0.39 is 18.3 Å². The lowest BCUT2D eigenvalue weighted by Gasteiger charge is -2.34. The molecule has 2 rings (SSSR count). The van der Waals surface area contributed by atoms with Gasteiger partial charge in [0.1, 0.15) is 11.8 Å². The normalized spacial score (nSPS) is 19.6. The van der Waals surface area contributed by atoms with Crippen molar-refractivity contribution in [2.45, 2.75) is 12.4 Å². The van der Waals surface area contributed by atoms with Gasteiger partial charge < -0.3 is 15.8 Å². The standard InChI is InChI=1S/C13H14F3N3O3/c14-13(15,16)22-9-3-1-8(2-4-9)11-12(21)18-5-6-19(11)7-10(17)20/h1-4,11H,5-7H2,(H2,17,20)(H,18,21)/t11-/m0/s1. The van der Waals surface area contributed by atoms with E-state index in [9.17, 15) is 22.8 Å². The smallest absolute Gasteiger partial charge is 0.406 e. The number of carbonyl (C=O) groups excluding carboxylic acids is 2. The van der Waals surface area contributed by atoms with Crippen molar-refractivity contribution in [3.8, 4) is 5.75 Å². The van der Waals surface area contributed by atoms with Crippen LogP contribution in [-0.4, -0.2) is 42.7 Å². The first-order valence-electron chi connectivity index (χ1n) is 6.42. The van der Waals surface area contributed by atoms with Gasteiger partial charge in [-0.15, -0.1) is 13.2 Å². The van der Waals surface area contributed by atoms with Crippen molar-refractivity contribution >= 4 is 11.8 Å². The Morgan fingerprint density at radius 2 is 2.00 bits per heavy atom. The molecule has 1 aromatic carbocycles. The van der Waals surface area contributed by atoms with Gasteiger partial charge in [0.15, 0.2) is 0 Å². The Balaban J connectivity index is 2.19. The number of alkyl halides is 3. The molecule has 0 unspecified atom stereocenters. The van der Waals surface area contributed by atoms with Crippen LogP contribution in [0, 0.1) is 0 Å². The zero-order valence-electron chi connectivity index (χ0n) is 11.4. The highest BCUT2D eigenvalue weighted by Gasteiger charge is 2.33. The van der Waals surface area contributed by atoms with Crippen molar-refractivity contribution < 1.29 is 27.5 Å². The molecule has 120 valence electrons. The van der Waals surface area contributed by atoms with Crippen LogP contribution in [0.15, 0.2) is 24.3 Å². The minimum absolute atomic E-state index is 0.112. The summed E-state index contributed by atoms with van der Waals surface area (Å²) < 4.78 is 40.1. The molecule has 0 saturated carbocycles. The van der Waals surface area contributed by atoms with E-state index in [2.05, 4.69) is 10.1 Å². The molecule has 3 N–H and O–H groups in total. The molecule has 0 aromatic heterocycles. The first kappa shape index (κ1) is 16.1. The third-order valence-corrected chi connectivity index (χ3v) is 3.10. The summed E-state index contributed by atoms with van der Waals surface area (Å²) in [7, 11) is 0. The van der Waals surface area contributed by atoms with Crippen LogP contribution in [0.5, 0.6) is 5.75 Å². The number of amides is 2. The maximum absolute atomic E-state index is 12.1. The summed E-state index contributed by atoms with van der Waals surface area (Å²) in [6, 6.07) is 4.16. The lowest BCUT2D eigenvalue weighted by Crippen LogP contribution is -2.52. The Bertz CT molecular complexity index is 560. The number of carbonyl (C=O) groups is 2. The highest BCUT2D eigenvalue weighted by molar-refractivity contribution is 5.85. The molecule has 1 saturated heterocycles. The van der Waals surface area contributed by atoms with Crippen molar-refractivity contribution in [3.63, 3.8) is 0 Å². The number of primary amides is 1. The molecule has 2 amide bonds. The number of piperazine rings is 1. The Morgan fingerprint density at radius 3 is 2.55 bits per heavy atom. The van der Waals surface area contributed by atoms with Crippen LogP contribution >= 0.6 is 0 Å². The van der Waals surface area contributed by atoms with Crippen LogP contribution in [0.2, 0.25) is 0 Å². The zero-order chi connectivity index (χ0) is 16.3. The number of hydrogen-bond donors (Lipinski definition) is 2. The summed E-state index contributed by atoms with van der Waals surface area (Å²) in [4.78, 5) is 24.6. The van der Waals surface area contributed by atoms with E-state index in [1.165, 1.54) is 12.1 Å². The fraction of sp³-hybridized carbons (Fsp3) is 0.385. The molecule has 1 aromatic rings. The number of hydrogen-bond acceptors (Lipinski definition) is 4. The van der Waals surface area contributed by atoms with Gasteiger partial charge in [-0.1, -0.05) is 12.1 Å². The first-order chi connectivity index (χ1) is 10.3. The van der Waals surface area contributed by atoms with Crippen molar-refractivity contribution in [2.75, 3.05) is 19.6 Å². The number of ether oxygens (including phenoxy) is 1. The van der Waals surface area contributed by atoms with Crippen LogP contribution in [0.3, 0.4) is 0 Å². The SMILES string of the molecule is NC(=O)CN1CCNC(=O)[C@@H]1c1ccc(OC(F)(F)F)cc1. The first-order valence-corrected chi connectivity index (χ1v) is 6.42. The monoisotopic (exact) mass is 317 g/mol. The number of nitrogens with zero attached hydrogens (tertiary/aromatic N) is 1. The summed E-state index contributed by atoms with van der Waals surface area (Å²) in [5.74, 6) is -1.30. The Labute approximate surface area is 124 Å². The lowest BCUT2D eigenvalue weighted by molar-refractivity contribution is -0.274. The van der Waals surface area contributed by atoms with Gasteiger partial charge in [-0.05, 0) is 17.7 Å². The molecular formula is C13H14F3N3O3. The molecule has 0 bridgehead atoms. The summed E-state index contributed by atoms with van der Waals surface area (Å²) in [5.41, 5.74) is 5.60. The van der Waals surface area contributed by atoms with E-state index in [1.807, 2.05) is 0 Å².